The van der Waals surface area contributed by atoms with Gasteiger partial charge in [0, 0.05) is 6.04 Å². The second-order valence-electron chi connectivity index (χ2n) is 4.56. The molecular weight excluding hydrogens is 206 g/mol. The first-order valence-corrected chi connectivity index (χ1v) is 6.06. The molecule has 0 radical (unpaired) electrons. The van der Waals surface area contributed by atoms with Crippen molar-refractivity contribution in [2.45, 2.75) is 44.2 Å². The fourth-order valence-electron chi connectivity index (χ4n) is 1.87. The summed E-state index contributed by atoms with van der Waals surface area (Å²) in [7, 11) is 0. The molecule has 2 fully saturated rings. The molecule has 1 heterocycles. The van der Waals surface area contributed by atoms with Crippen LogP contribution in [-0.4, -0.2) is 37.0 Å². The summed E-state index contributed by atoms with van der Waals surface area (Å²) >= 11 is 0. The Balaban J connectivity index is 1.63. The highest BCUT2D eigenvalue weighted by Crippen LogP contribution is 2.18. The molecule has 1 aliphatic heterocycles. The number of nitrogens with one attached hydrogen (secondary N) is 3. The number of amides is 2. The Morgan fingerprint density at radius 3 is 2.62 bits per heavy atom. The lowest BCUT2D eigenvalue weighted by atomic mass is 10.0. The summed E-state index contributed by atoms with van der Waals surface area (Å²) in [6.07, 6.45) is 5.23. The van der Waals surface area contributed by atoms with Crippen LogP contribution < -0.4 is 16.0 Å². The van der Waals surface area contributed by atoms with Crippen LogP contribution in [0.5, 0.6) is 0 Å². The lowest BCUT2D eigenvalue weighted by molar-refractivity contribution is -0.127. The third-order valence-corrected chi connectivity index (χ3v) is 2.99. The zero-order valence-electron chi connectivity index (χ0n) is 9.42. The van der Waals surface area contributed by atoms with Crippen molar-refractivity contribution in [1.29, 1.82) is 0 Å². The SMILES string of the molecule is O=C(CNC(=O)[C@@H]1CCCCN1)NC1CC1. The molecular formula is C11H19N3O2. The first kappa shape index (κ1) is 11.4. The summed E-state index contributed by atoms with van der Waals surface area (Å²) in [6.45, 7) is 1.000. The maximum atomic E-state index is 11.7. The van der Waals surface area contributed by atoms with Crippen molar-refractivity contribution >= 4 is 11.8 Å². The van der Waals surface area contributed by atoms with E-state index in [9.17, 15) is 9.59 Å². The van der Waals surface area contributed by atoms with Gasteiger partial charge in [0.1, 0.15) is 0 Å². The largest absolute Gasteiger partial charge is 0.352 e. The zero-order chi connectivity index (χ0) is 11.4. The van der Waals surface area contributed by atoms with Gasteiger partial charge in [0.25, 0.3) is 0 Å². The van der Waals surface area contributed by atoms with Crippen molar-refractivity contribution in [3.63, 3.8) is 0 Å². The smallest absolute Gasteiger partial charge is 0.239 e. The molecule has 5 nitrogen and oxygen atoms in total. The molecule has 0 aromatic rings. The number of piperidine rings is 1. The standard InChI is InChI=1S/C11H19N3O2/c15-10(14-8-4-5-8)7-13-11(16)9-3-1-2-6-12-9/h8-9,12H,1-7H2,(H,13,16)(H,14,15)/t9-/m0/s1. The lowest BCUT2D eigenvalue weighted by Gasteiger charge is -2.22. The molecule has 0 aromatic carbocycles. The van der Waals surface area contributed by atoms with Crippen LogP contribution in [0, 0.1) is 0 Å². The minimum absolute atomic E-state index is 0.0503. The second-order valence-corrected chi connectivity index (χ2v) is 4.56. The van der Waals surface area contributed by atoms with Crippen molar-refractivity contribution in [2.75, 3.05) is 13.1 Å². The van der Waals surface area contributed by atoms with Crippen LogP contribution in [0.15, 0.2) is 0 Å². The fourth-order valence-corrected chi connectivity index (χ4v) is 1.87. The highest BCUT2D eigenvalue weighted by atomic mass is 16.2. The Morgan fingerprint density at radius 2 is 2.00 bits per heavy atom. The zero-order valence-corrected chi connectivity index (χ0v) is 9.42. The summed E-state index contributed by atoms with van der Waals surface area (Å²) in [4.78, 5) is 23.0. The van der Waals surface area contributed by atoms with Crippen molar-refractivity contribution < 1.29 is 9.59 Å². The first-order chi connectivity index (χ1) is 7.75. The molecule has 5 heteroatoms. The molecule has 0 aromatic heterocycles. The maximum Gasteiger partial charge on any atom is 0.239 e. The van der Waals surface area contributed by atoms with Gasteiger partial charge >= 0.3 is 0 Å². The summed E-state index contributed by atoms with van der Waals surface area (Å²) < 4.78 is 0. The number of hydrogen-bond acceptors (Lipinski definition) is 3. The normalized spacial score (nSPS) is 24.9. The van der Waals surface area contributed by atoms with Crippen LogP contribution >= 0.6 is 0 Å². The summed E-state index contributed by atoms with van der Waals surface area (Å²) in [5.74, 6) is -0.127. The van der Waals surface area contributed by atoms with Gasteiger partial charge < -0.3 is 16.0 Å². The Morgan fingerprint density at radius 1 is 1.19 bits per heavy atom. The van der Waals surface area contributed by atoms with Gasteiger partial charge in [-0.2, -0.15) is 0 Å². The summed E-state index contributed by atoms with van der Waals surface area (Å²) in [5, 5.41) is 8.66. The number of carbonyl (C=O) groups is 2. The van der Waals surface area contributed by atoms with E-state index in [4.69, 9.17) is 0 Å². The second kappa shape index (κ2) is 5.30. The van der Waals surface area contributed by atoms with Gasteiger partial charge in [0.2, 0.25) is 11.8 Å². The highest BCUT2D eigenvalue weighted by Gasteiger charge is 2.24. The molecule has 16 heavy (non-hydrogen) atoms. The van der Waals surface area contributed by atoms with E-state index in [1.807, 2.05) is 0 Å². The Labute approximate surface area is 95.3 Å². The number of hydrogen-bond donors (Lipinski definition) is 3. The first-order valence-electron chi connectivity index (χ1n) is 6.06. The molecule has 2 amide bonds. The Hall–Kier alpha value is -1.10. The van der Waals surface area contributed by atoms with E-state index in [1.165, 1.54) is 0 Å². The average Bonchev–Trinajstić information content (AvgIpc) is 3.11. The fraction of sp³-hybridized carbons (Fsp3) is 0.818. The molecule has 1 atom stereocenters. The topological polar surface area (TPSA) is 70.2 Å². The average molecular weight is 225 g/mol. The van der Waals surface area contributed by atoms with Gasteiger partial charge in [-0.1, -0.05) is 6.42 Å². The van der Waals surface area contributed by atoms with E-state index < -0.39 is 0 Å². The third kappa shape index (κ3) is 3.48. The molecule has 1 aliphatic carbocycles. The van der Waals surface area contributed by atoms with Gasteiger partial charge in [-0.15, -0.1) is 0 Å². The monoisotopic (exact) mass is 225 g/mol. The Bertz CT molecular complexity index is 270. The van der Waals surface area contributed by atoms with Crippen molar-refractivity contribution in [2.24, 2.45) is 0 Å². The van der Waals surface area contributed by atoms with Gasteiger partial charge in [-0.05, 0) is 32.2 Å². The highest BCUT2D eigenvalue weighted by molar-refractivity contribution is 5.87. The van der Waals surface area contributed by atoms with E-state index in [2.05, 4.69) is 16.0 Å². The molecule has 0 spiro atoms. The van der Waals surface area contributed by atoms with Gasteiger partial charge in [-0.25, -0.2) is 0 Å². The van der Waals surface area contributed by atoms with E-state index in [0.717, 1.165) is 38.6 Å². The van der Waals surface area contributed by atoms with Crippen LogP contribution in [0.2, 0.25) is 0 Å². The van der Waals surface area contributed by atoms with E-state index in [1.54, 1.807) is 0 Å². The number of carbonyl (C=O) groups excluding carboxylic acids is 2. The van der Waals surface area contributed by atoms with Gasteiger partial charge in [0.05, 0.1) is 12.6 Å². The van der Waals surface area contributed by atoms with E-state index >= 15 is 0 Å². The molecule has 2 aliphatic rings. The van der Waals surface area contributed by atoms with E-state index in [0.29, 0.717) is 6.04 Å². The minimum atomic E-state index is -0.109. The summed E-state index contributed by atoms with van der Waals surface area (Å²) in [6, 6.07) is 0.250. The van der Waals surface area contributed by atoms with Gasteiger partial charge in [-0.3, -0.25) is 9.59 Å². The van der Waals surface area contributed by atoms with Crippen LogP contribution in [0.25, 0.3) is 0 Å². The third-order valence-electron chi connectivity index (χ3n) is 2.99. The predicted octanol–water partition coefficient (Wildman–Crippen LogP) is -0.477. The lowest BCUT2D eigenvalue weighted by Crippen LogP contribution is -2.49. The molecule has 2 rings (SSSR count). The Kier molecular flexibility index (Phi) is 3.77. The molecule has 3 N–H and O–H groups in total. The summed E-state index contributed by atoms with van der Waals surface area (Å²) in [5.41, 5.74) is 0. The number of rotatable bonds is 4. The molecule has 1 saturated carbocycles. The molecule has 0 bridgehead atoms. The minimum Gasteiger partial charge on any atom is -0.352 e. The predicted molar refractivity (Wildman–Crippen MR) is 59.8 cm³/mol. The van der Waals surface area contributed by atoms with Crippen LogP contribution in [-0.2, 0) is 9.59 Å². The van der Waals surface area contributed by atoms with E-state index in [-0.39, 0.29) is 24.4 Å². The van der Waals surface area contributed by atoms with Crippen molar-refractivity contribution in [3.05, 3.63) is 0 Å². The quantitative estimate of drug-likeness (QED) is 0.605. The van der Waals surface area contributed by atoms with Crippen LogP contribution in [0.3, 0.4) is 0 Å². The van der Waals surface area contributed by atoms with Gasteiger partial charge in [0.15, 0.2) is 0 Å². The van der Waals surface area contributed by atoms with Crippen LogP contribution in [0.4, 0.5) is 0 Å². The van der Waals surface area contributed by atoms with Crippen LogP contribution in [0.1, 0.15) is 32.1 Å². The molecule has 1 saturated heterocycles. The molecule has 0 unspecified atom stereocenters. The maximum absolute atomic E-state index is 11.7. The van der Waals surface area contributed by atoms with Crippen molar-refractivity contribution in [1.82, 2.24) is 16.0 Å². The van der Waals surface area contributed by atoms with Crippen molar-refractivity contribution in [3.8, 4) is 0 Å². The molecule has 90 valence electrons.